The molecule has 0 radical (unpaired) electrons. The molecule has 17 heavy (non-hydrogen) atoms. The van der Waals surface area contributed by atoms with Crippen LogP contribution >= 0.6 is 0 Å². The number of hydrogen-bond acceptors (Lipinski definition) is 2. The first-order valence-corrected chi connectivity index (χ1v) is 6.68. The Morgan fingerprint density at radius 3 is 2.24 bits per heavy atom. The molecule has 1 aromatic rings. The Hall–Kier alpha value is -0.860. The van der Waals surface area contributed by atoms with Gasteiger partial charge in [-0.1, -0.05) is 38.1 Å². The van der Waals surface area contributed by atoms with E-state index in [0.29, 0.717) is 0 Å². The normalized spacial score (nSPS) is 17.4. The van der Waals surface area contributed by atoms with Crippen LogP contribution in [0.4, 0.5) is 0 Å². The highest BCUT2D eigenvalue weighted by molar-refractivity contribution is 5.29. The van der Waals surface area contributed by atoms with Gasteiger partial charge in [0, 0.05) is 13.0 Å². The molecule has 0 unspecified atom stereocenters. The van der Waals surface area contributed by atoms with Gasteiger partial charge >= 0.3 is 0 Å². The summed E-state index contributed by atoms with van der Waals surface area (Å²) in [4.78, 5) is 2.41. The summed E-state index contributed by atoms with van der Waals surface area (Å²) in [5, 5.41) is 10.0. The molecule has 0 heterocycles. The summed E-state index contributed by atoms with van der Waals surface area (Å²) in [6.45, 7) is 7.55. The smallest absolute Gasteiger partial charge is 0.0690 e. The van der Waals surface area contributed by atoms with Crippen LogP contribution in [0.2, 0.25) is 0 Å². The lowest BCUT2D eigenvalue weighted by Gasteiger charge is -2.21. The summed E-state index contributed by atoms with van der Waals surface area (Å²) in [7, 11) is 0. The zero-order valence-corrected chi connectivity index (χ0v) is 10.9. The average Bonchev–Trinajstić information content (AvgIpc) is 3.06. The van der Waals surface area contributed by atoms with Crippen LogP contribution in [0.5, 0.6) is 0 Å². The molecule has 0 aromatic heterocycles. The van der Waals surface area contributed by atoms with Gasteiger partial charge in [0.15, 0.2) is 0 Å². The van der Waals surface area contributed by atoms with E-state index in [-0.39, 0.29) is 5.60 Å². The first kappa shape index (κ1) is 12.6. The van der Waals surface area contributed by atoms with Crippen LogP contribution < -0.4 is 0 Å². The molecule has 0 aliphatic heterocycles. The van der Waals surface area contributed by atoms with Gasteiger partial charge in [0.1, 0.15) is 0 Å². The molecule has 0 saturated heterocycles. The quantitative estimate of drug-likeness (QED) is 0.816. The van der Waals surface area contributed by atoms with Gasteiger partial charge in [0.2, 0.25) is 0 Å². The standard InChI is InChI=1S/C15H23NO/c1-3-16(4-2)12-14-8-6-5-7-13(14)11-15(17)9-10-15/h5-8,17H,3-4,9-12H2,1-2H3. The van der Waals surface area contributed by atoms with Crippen molar-refractivity contribution in [3.63, 3.8) is 0 Å². The van der Waals surface area contributed by atoms with Gasteiger partial charge in [-0.25, -0.2) is 0 Å². The molecule has 1 N–H and O–H groups in total. The molecule has 0 atom stereocenters. The lowest BCUT2D eigenvalue weighted by molar-refractivity contribution is 0.150. The molecule has 1 fully saturated rings. The Labute approximate surface area is 104 Å². The van der Waals surface area contributed by atoms with Crippen molar-refractivity contribution in [2.75, 3.05) is 13.1 Å². The maximum absolute atomic E-state index is 10.0. The number of benzene rings is 1. The molecule has 2 heteroatoms. The van der Waals surface area contributed by atoms with Gasteiger partial charge in [-0.2, -0.15) is 0 Å². The fourth-order valence-corrected chi connectivity index (χ4v) is 2.25. The fraction of sp³-hybridized carbons (Fsp3) is 0.600. The average molecular weight is 233 g/mol. The summed E-state index contributed by atoms with van der Waals surface area (Å²) in [6, 6.07) is 8.53. The summed E-state index contributed by atoms with van der Waals surface area (Å²) in [6.07, 6.45) is 2.75. The third-order valence-electron chi connectivity index (χ3n) is 3.75. The first-order valence-electron chi connectivity index (χ1n) is 6.68. The molecule has 2 nitrogen and oxygen atoms in total. The van der Waals surface area contributed by atoms with Crippen LogP contribution in [0.1, 0.15) is 37.8 Å². The van der Waals surface area contributed by atoms with Crippen molar-refractivity contribution in [1.29, 1.82) is 0 Å². The zero-order chi connectivity index (χ0) is 12.3. The predicted molar refractivity (Wildman–Crippen MR) is 71.0 cm³/mol. The SMILES string of the molecule is CCN(CC)Cc1ccccc1CC1(O)CC1. The van der Waals surface area contributed by atoms with Crippen LogP contribution in [-0.2, 0) is 13.0 Å². The van der Waals surface area contributed by atoms with Gasteiger partial charge < -0.3 is 5.11 Å². The fourth-order valence-electron chi connectivity index (χ4n) is 2.25. The van der Waals surface area contributed by atoms with E-state index in [1.807, 2.05) is 0 Å². The Morgan fingerprint density at radius 1 is 1.12 bits per heavy atom. The molecule has 0 amide bonds. The van der Waals surface area contributed by atoms with Crippen molar-refractivity contribution in [3.8, 4) is 0 Å². The Morgan fingerprint density at radius 2 is 1.71 bits per heavy atom. The first-order chi connectivity index (χ1) is 8.17. The minimum atomic E-state index is -0.390. The Balaban J connectivity index is 2.09. The second-order valence-electron chi connectivity index (χ2n) is 5.13. The lowest BCUT2D eigenvalue weighted by atomic mass is 10.00. The molecule has 0 bridgehead atoms. The molecule has 1 aliphatic carbocycles. The van der Waals surface area contributed by atoms with Gasteiger partial charge in [0.25, 0.3) is 0 Å². The number of hydrogen-bond donors (Lipinski definition) is 1. The van der Waals surface area contributed by atoms with Crippen molar-refractivity contribution in [3.05, 3.63) is 35.4 Å². The van der Waals surface area contributed by atoms with Crippen molar-refractivity contribution in [2.24, 2.45) is 0 Å². The third kappa shape index (κ3) is 3.30. The molecule has 1 aliphatic rings. The molecule has 1 aromatic carbocycles. The monoisotopic (exact) mass is 233 g/mol. The number of rotatable bonds is 6. The van der Waals surface area contributed by atoms with E-state index in [4.69, 9.17) is 0 Å². The second-order valence-corrected chi connectivity index (χ2v) is 5.13. The molecule has 0 spiro atoms. The van der Waals surface area contributed by atoms with E-state index in [9.17, 15) is 5.11 Å². The van der Waals surface area contributed by atoms with E-state index in [1.54, 1.807) is 0 Å². The van der Waals surface area contributed by atoms with Crippen molar-refractivity contribution >= 4 is 0 Å². The van der Waals surface area contributed by atoms with Gasteiger partial charge in [-0.3, -0.25) is 4.90 Å². The number of aliphatic hydroxyl groups is 1. The maximum atomic E-state index is 10.0. The third-order valence-corrected chi connectivity index (χ3v) is 3.75. The van der Waals surface area contributed by atoms with Crippen LogP contribution in [-0.4, -0.2) is 28.7 Å². The summed E-state index contributed by atoms with van der Waals surface area (Å²) < 4.78 is 0. The van der Waals surface area contributed by atoms with Crippen LogP contribution in [0, 0.1) is 0 Å². The summed E-state index contributed by atoms with van der Waals surface area (Å²) in [5.41, 5.74) is 2.30. The lowest BCUT2D eigenvalue weighted by Crippen LogP contribution is -2.23. The largest absolute Gasteiger partial charge is 0.390 e. The van der Waals surface area contributed by atoms with E-state index in [2.05, 4.69) is 43.0 Å². The zero-order valence-electron chi connectivity index (χ0n) is 10.9. The Kier molecular flexibility index (Phi) is 3.85. The molecule has 94 valence electrons. The van der Waals surface area contributed by atoms with E-state index < -0.39 is 0 Å². The van der Waals surface area contributed by atoms with E-state index >= 15 is 0 Å². The van der Waals surface area contributed by atoms with Gasteiger partial charge in [-0.05, 0) is 37.1 Å². The van der Waals surface area contributed by atoms with Gasteiger partial charge in [0.05, 0.1) is 5.60 Å². The minimum Gasteiger partial charge on any atom is -0.390 e. The minimum absolute atomic E-state index is 0.390. The molecule has 2 rings (SSSR count). The van der Waals surface area contributed by atoms with Crippen molar-refractivity contribution in [2.45, 2.75) is 45.3 Å². The highest BCUT2D eigenvalue weighted by Gasteiger charge is 2.40. The topological polar surface area (TPSA) is 23.5 Å². The summed E-state index contributed by atoms with van der Waals surface area (Å²) >= 11 is 0. The summed E-state index contributed by atoms with van der Waals surface area (Å²) in [5.74, 6) is 0. The van der Waals surface area contributed by atoms with Crippen molar-refractivity contribution < 1.29 is 5.11 Å². The van der Waals surface area contributed by atoms with Crippen LogP contribution in [0.15, 0.2) is 24.3 Å². The Bertz CT molecular complexity index is 367. The molecular weight excluding hydrogens is 210 g/mol. The van der Waals surface area contributed by atoms with E-state index in [0.717, 1.165) is 38.9 Å². The maximum Gasteiger partial charge on any atom is 0.0690 e. The molecular formula is C15H23NO. The van der Waals surface area contributed by atoms with Crippen LogP contribution in [0.25, 0.3) is 0 Å². The highest BCUT2D eigenvalue weighted by atomic mass is 16.3. The predicted octanol–water partition coefficient (Wildman–Crippen LogP) is 2.60. The highest BCUT2D eigenvalue weighted by Crippen LogP contribution is 2.38. The van der Waals surface area contributed by atoms with Gasteiger partial charge in [-0.15, -0.1) is 0 Å². The van der Waals surface area contributed by atoms with Crippen molar-refractivity contribution in [1.82, 2.24) is 4.90 Å². The van der Waals surface area contributed by atoms with E-state index in [1.165, 1.54) is 11.1 Å². The second kappa shape index (κ2) is 5.19. The number of nitrogens with zero attached hydrogens (tertiary/aromatic N) is 1. The van der Waals surface area contributed by atoms with Crippen LogP contribution in [0.3, 0.4) is 0 Å². The molecule has 1 saturated carbocycles.